The van der Waals surface area contributed by atoms with Gasteiger partial charge >= 0.3 is 18.3 Å². The van der Waals surface area contributed by atoms with E-state index >= 15 is 4.39 Å². The Balaban J connectivity index is 1.73. The Hall–Kier alpha value is -4.32. The van der Waals surface area contributed by atoms with Crippen LogP contribution in [0, 0.1) is 23.5 Å². The number of amides is 2. The number of rotatable bonds is 7. The molecule has 1 saturated carbocycles. The number of carbonyl (C=O) groups excluding carboxylic acids is 2. The lowest BCUT2D eigenvalue weighted by Gasteiger charge is -2.61. The minimum atomic E-state index is -5.02. The molecule has 18 heteroatoms. The molecule has 47 heavy (non-hydrogen) atoms. The van der Waals surface area contributed by atoms with Crippen molar-refractivity contribution in [2.75, 3.05) is 10.5 Å². The first-order valence-corrected chi connectivity index (χ1v) is 14.7. The summed E-state index contributed by atoms with van der Waals surface area (Å²) in [6.07, 6.45) is -8.79. The molecule has 9 nitrogen and oxygen atoms in total. The van der Waals surface area contributed by atoms with Crippen molar-refractivity contribution < 1.29 is 54.7 Å². The van der Waals surface area contributed by atoms with Crippen LogP contribution in [0.3, 0.4) is 0 Å². The zero-order chi connectivity index (χ0) is 34.6. The van der Waals surface area contributed by atoms with Crippen LogP contribution in [0.2, 0.25) is 0 Å². The van der Waals surface area contributed by atoms with E-state index < -0.39 is 92.7 Å². The van der Waals surface area contributed by atoms with Crippen LogP contribution in [-0.2, 0) is 28.4 Å². The van der Waals surface area contributed by atoms with Gasteiger partial charge < -0.3 is 10.5 Å². The van der Waals surface area contributed by atoms with Gasteiger partial charge in [-0.15, -0.1) is 5.17 Å². The zero-order valence-electron chi connectivity index (χ0n) is 23.8. The van der Waals surface area contributed by atoms with Gasteiger partial charge in [-0.3, -0.25) is 14.8 Å². The number of ether oxygens (including phenoxy) is 1. The third kappa shape index (κ3) is 5.99. The topological polar surface area (TPSA) is 122 Å². The van der Waals surface area contributed by atoms with Gasteiger partial charge in [0.1, 0.15) is 23.1 Å². The molecule has 2 amide bonds. The first-order valence-electron chi connectivity index (χ1n) is 13.5. The number of hydrogen-bond acceptors (Lipinski definition) is 7. The number of aromatic nitrogens is 2. The molecule has 1 fully saturated rings. The lowest BCUT2D eigenvalue weighted by atomic mass is 9.56. The second kappa shape index (κ2) is 12.0. The molecule has 2 aliphatic rings. The summed E-state index contributed by atoms with van der Waals surface area (Å²) in [6.45, 7) is 1.67. The second-order valence-corrected chi connectivity index (χ2v) is 11.4. The summed E-state index contributed by atoms with van der Waals surface area (Å²) in [7, 11) is 0. The van der Waals surface area contributed by atoms with E-state index in [0.29, 0.717) is 24.5 Å². The number of carbonyl (C=O) groups is 2. The molecule has 2 aromatic carbocycles. The molecular weight excluding hydrogens is 714 g/mol. The number of alkyl halides is 7. The molecule has 1 aliphatic heterocycles. The van der Waals surface area contributed by atoms with Gasteiger partial charge in [-0.05, 0) is 82.6 Å². The average Bonchev–Trinajstić information content (AvgIpc) is 2.99. The van der Waals surface area contributed by atoms with Crippen LogP contribution in [0.5, 0.6) is 5.75 Å². The van der Waals surface area contributed by atoms with E-state index in [4.69, 9.17) is 10.5 Å². The molecule has 3 aromatic rings. The van der Waals surface area contributed by atoms with Gasteiger partial charge in [-0.1, -0.05) is 13.0 Å². The molecule has 1 aliphatic carbocycles. The summed E-state index contributed by atoms with van der Waals surface area (Å²) in [5.41, 5.74) is -1.87. The number of benzene rings is 2. The Kier molecular flexibility index (Phi) is 8.72. The quantitative estimate of drug-likeness (QED) is 0.128. The lowest BCUT2D eigenvalue weighted by Crippen LogP contribution is -2.71. The average molecular weight is 736 g/mol. The van der Waals surface area contributed by atoms with Crippen molar-refractivity contribution in [3.63, 3.8) is 0 Å². The highest BCUT2D eigenvalue weighted by Crippen LogP contribution is 2.56. The van der Waals surface area contributed by atoms with E-state index in [1.165, 1.54) is 6.07 Å². The van der Waals surface area contributed by atoms with Gasteiger partial charge in [0.05, 0.1) is 22.5 Å². The van der Waals surface area contributed by atoms with Crippen molar-refractivity contribution in [2.45, 2.75) is 37.7 Å². The number of anilines is 1. The highest BCUT2D eigenvalue weighted by atomic mass is 79.9. The van der Waals surface area contributed by atoms with Crippen LogP contribution in [0.4, 0.5) is 40.8 Å². The standard InChI is InChI=1S/C29H22BrF8N5O4/c1-13-9-27(18(13)6-14-2-5-21(47-11-30)24(32)23(14)31)10-17(25(39)44)26(45)43(46)42(27)20-4-3-15(28(33,34)35)7-16(20)19-8-22(29(36,37)38)41-12-40-19/h2-5,7-8,10,12-13,18,46H,6,9,11H2,1H3,(H2,39,44). The zero-order valence-corrected chi connectivity index (χ0v) is 25.4. The van der Waals surface area contributed by atoms with Crippen LogP contribution in [0.15, 0.2) is 54.4 Å². The molecule has 0 bridgehead atoms. The van der Waals surface area contributed by atoms with Crippen LogP contribution in [0.1, 0.15) is 30.2 Å². The smallest absolute Gasteiger partial charge is 0.433 e. The number of nitrogens with two attached hydrogens (primary N) is 1. The van der Waals surface area contributed by atoms with Crippen molar-refractivity contribution in [2.24, 2.45) is 17.6 Å². The number of hydroxylamine groups is 1. The van der Waals surface area contributed by atoms with Gasteiger partial charge in [0, 0.05) is 5.56 Å². The largest absolute Gasteiger partial charge is 0.479 e. The summed E-state index contributed by atoms with van der Waals surface area (Å²) in [4.78, 5) is 32.3. The molecule has 1 spiro atoms. The minimum Gasteiger partial charge on any atom is -0.479 e. The predicted octanol–water partition coefficient (Wildman–Crippen LogP) is 6.19. The Morgan fingerprint density at radius 1 is 1.09 bits per heavy atom. The Bertz CT molecular complexity index is 1790. The van der Waals surface area contributed by atoms with E-state index in [-0.39, 0.29) is 29.1 Å². The van der Waals surface area contributed by atoms with Crippen molar-refractivity contribution in [3.05, 3.63) is 82.8 Å². The number of primary amides is 1. The summed E-state index contributed by atoms with van der Waals surface area (Å²) < 4.78 is 117. The van der Waals surface area contributed by atoms with Gasteiger partial charge in [0.15, 0.2) is 11.6 Å². The van der Waals surface area contributed by atoms with Gasteiger partial charge in [0.25, 0.3) is 5.91 Å². The van der Waals surface area contributed by atoms with E-state index in [2.05, 4.69) is 25.9 Å². The van der Waals surface area contributed by atoms with Crippen LogP contribution < -0.4 is 15.5 Å². The molecule has 3 atom stereocenters. The van der Waals surface area contributed by atoms with Gasteiger partial charge in [-0.2, -0.15) is 30.7 Å². The SMILES string of the molecule is CC1CC2(C=C(C(N)=O)C(=O)N(O)N2c2ccc(C(F)(F)F)cc2-c2cc(C(F)(F)F)ncn2)C1Cc1ccc(OCBr)c(F)c1F. The fourth-order valence-electron chi connectivity index (χ4n) is 6.08. The van der Waals surface area contributed by atoms with Crippen LogP contribution in [0.25, 0.3) is 11.3 Å². The summed E-state index contributed by atoms with van der Waals surface area (Å²) in [5.74, 6) is -7.00. The number of halogens is 9. The van der Waals surface area contributed by atoms with E-state index in [1.54, 1.807) is 6.92 Å². The molecular formula is C29H22BrF8N5O4. The van der Waals surface area contributed by atoms with Crippen molar-refractivity contribution in [1.82, 2.24) is 15.1 Å². The fourth-order valence-corrected chi connectivity index (χ4v) is 6.32. The highest BCUT2D eigenvalue weighted by Gasteiger charge is 2.60. The maximum absolute atomic E-state index is 15.2. The van der Waals surface area contributed by atoms with E-state index in [1.807, 2.05) is 0 Å². The van der Waals surface area contributed by atoms with E-state index in [9.17, 15) is 45.5 Å². The monoisotopic (exact) mass is 735 g/mol. The maximum Gasteiger partial charge on any atom is 0.433 e. The Labute approximate surface area is 268 Å². The highest BCUT2D eigenvalue weighted by molar-refractivity contribution is 9.09. The molecule has 5 rings (SSSR count). The third-order valence-corrected chi connectivity index (χ3v) is 8.42. The molecule has 2 heterocycles. The van der Waals surface area contributed by atoms with Crippen LogP contribution >= 0.6 is 15.9 Å². The summed E-state index contributed by atoms with van der Waals surface area (Å²) in [5, 5.41) is 11.9. The molecule has 1 aromatic heterocycles. The molecule has 0 saturated heterocycles. The van der Waals surface area contributed by atoms with Gasteiger partial charge in [-0.25, -0.2) is 19.4 Å². The fraction of sp³-hybridized carbons (Fsp3) is 0.310. The van der Waals surface area contributed by atoms with Crippen molar-refractivity contribution >= 4 is 33.4 Å². The van der Waals surface area contributed by atoms with Crippen molar-refractivity contribution in [1.29, 1.82) is 0 Å². The maximum atomic E-state index is 15.2. The number of nitrogens with zero attached hydrogens (tertiary/aromatic N) is 4. The van der Waals surface area contributed by atoms with Gasteiger partial charge in [0.2, 0.25) is 5.82 Å². The summed E-state index contributed by atoms with van der Waals surface area (Å²) >= 11 is 2.94. The van der Waals surface area contributed by atoms with Crippen molar-refractivity contribution in [3.8, 4) is 17.0 Å². The predicted molar refractivity (Wildman–Crippen MR) is 150 cm³/mol. The first-order chi connectivity index (χ1) is 21.9. The van der Waals surface area contributed by atoms with Crippen LogP contribution in [-0.4, -0.2) is 43.2 Å². The summed E-state index contributed by atoms with van der Waals surface area (Å²) in [6, 6.07) is 4.63. The van der Waals surface area contributed by atoms with E-state index in [0.717, 1.165) is 23.2 Å². The second-order valence-electron chi connectivity index (χ2n) is 10.9. The number of hydrazine groups is 1. The third-order valence-electron chi connectivity index (χ3n) is 8.20. The molecule has 0 radical (unpaired) electrons. The minimum absolute atomic E-state index is 0.0360. The molecule has 3 N–H and O–H groups in total. The number of hydrogen-bond donors (Lipinski definition) is 2. The normalized spacial score (nSPS) is 21.5. The Morgan fingerprint density at radius 2 is 1.79 bits per heavy atom. The molecule has 250 valence electrons. The first kappa shape index (κ1) is 34.0. The lowest BCUT2D eigenvalue weighted by molar-refractivity contribution is -0.178. The molecule has 3 unspecified atom stereocenters. The Morgan fingerprint density at radius 3 is 2.38 bits per heavy atom.